The van der Waals surface area contributed by atoms with Crippen LogP contribution in [0.25, 0.3) is 0 Å². The number of ether oxygens (including phenoxy) is 3. The first-order valence-corrected chi connectivity index (χ1v) is 9.93. The van der Waals surface area contributed by atoms with Crippen LogP contribution in [0, 0.1) is 0 Å². The summed E-state index contributed by atoms with van der Waals surface area (Å²) in [6.07, 6.45) is 0. The molecule has 0 aliphatic rings. The number of likely N-dealkylation sites (N-methyl/N-ethyl adjacent to an activating group) is 1. The Bertz CT molecular complexity index is 835. The van der Waals surface area contributed by atoms with Gasteiger partial charge in [0, 0.05) is 36.3 Å². The second kappa shape index (κ2) is 11.3. The third kappa shape index (κ3) is 6.56. The number of carbonyl (C=O) groups is 2. The van der Waals surface area contributed by atoms with E-state index in [9.17, 15) is 9.59 Å². The Morgan fingerprint density at radius 1 is 1.03 bits per heavy atom. The van der Waals surface area contributed by atoms with E-state index in [2.05, 4.69) is 5.32 Å². The Balaban J connectivity index is 2.17. The van der Waals surface area contributed by atoms with Gasteiger partial charge in [-0.2, -0.15) is 0 Å². The van der Waals surface area contributed by atoms with E-state index in [-0.39, 0.29) is 25.0 Å². The number of nitrogens with one attached hydrogen (secondary N) is 1. The number of benzene rings is 2. The molecule has 0 aliphatic heterocycles. The average molecular weight is 435 g/mol. The number of nitrogens with zero attached hydrogens (tertiary/aromatic N) is 1. The van der Waals surface area contributed by atoms with Gasteiger partial charge in [0.15, 0.2) is 6.61 Å². The van der Waals surface area contributed by atoms with Gasteiger partial charge in [-0.1, -0.05) is 23.7 Å². The fourth-order valence-corrected chi connectivity index (χ4v) is 2.91. The SMILES string of the molecule is CCNC(=O)C(C)N(Cc1ccc(Cl)cc1)C(=O)COc1cc(OC)cc(OC)c1. The highest BCUT2D eigenvalue weighted by molar-refractivity contribution is 6.30. The summed E-state index contributed by atoms with van der Waals surface area (Å²) in [6.45, 7) is 4.00. The first-order chi connectivity index (χ1) is 14.4. The van der Waals surface area contributed by atoms with E-state index in [1.54, 1.807) is 37.3 Å². The summed E-state index contributed by atoms with van der Waals surface area (Å²) in [5, 5.41) is 3.35. The molecule has 7 nitrogen and oxygen atoms in total. The molecule has 1 atom stereocenters. The minimum Gasteiger partial charge on any atom is -0.496 e. The normalized spacial score (nSPS) is 11.4. The number of carbonyl (C=O) groups excluding carboxylic acids is 2. The van der Waals surface area contributed by atoms with Crippen LogP contribution in [-0.4, -0.2) is 50.1 Å². The summed E-state index contributed by atoms with van der Waals surface area (Å²) in [4.78, 5) is 26.8. The minimum atomic E-state index is -0.670. The second-order valence-electron chi connectivity index (χ2n) is 6.56. The summed E-state index contributed by atoms with van der Waals surface area (Å²) in [5.41, 5.74) is 0.854. The standard InChI is InChI=1S/C22H27ClN2O5/c1-5-24-22(27)15(2)25(13-16-6-8-17(23)9-7-16)21(26)14-30-20-11-18(28-3)10-19(12-20)29-4/h6-12,15H,5,13-14H2,1-4H3,(H,24,27). The molecule has 162 valence electrons. The summed E-state index contributed by atoms with van der Waals surface area (Å²) >= 11 is 5.95. The Kier molecular flexibility index (Phi) is 8.80. The summed E-state index contributed by atoms with van der Waals surface area (Å²) in [5.74, 6) is 0.959. The molecule has 0 heterocycles. The third-order valence-electron chi connectivity index (χ3n) is 4.47. The van der Waals surface area contributed by atoms with Crippen LogP contribution in [0.1, 0.15) is 19.4 Å². The van der Waals surface area contributed by atoms with Crippen LogP contribution < -0.4 is 19.5 Å². The highest BCUT2D eigenvalue weighted by atomic mass is 35.5. The van der Waals surface area contributed by atoms with Crippen molar-refractivity contribution in [2.75, 3.05) is 27.4 Å². The van der Waals surface area contributed by atoms with Crippen molar-refractivity contribution < 1.29 is 23.8 Å². The largest absolute Gasteiger partial charge is 0.496 e. The van der Waals surface area contributed by atoms with Crippen LogP contribution in [0.3, 0.4) is 0 Å². The van der Waals surface area contributed by atoms with Crippen molar-refractivity contribution in [2.24, 2.45) is 0 Å². The van der Waals surface area contributed by atoms with E-state index in [1.165, 1.54) is 19.1 Å². The molecule has 8 heteroatoms. The topological polar surface area (TPSA) is 77.1 Å². The van der Waals surface area contributed by atoms with Crippen molar-refractivity contribution in [1.29, 1.82) is 0 Å². The van der Waals surface area contributed by atoms with E-state index < -0.39 is 6.04 Å². The van der Waals surface area contributed by atoms with Crippen molar-refractivity contribution >= 4 is 23.4 Å². The van der Waals surface area contributed by atoms with Crippen LogP contribution in [0.5, 0.6) is 17.2 Å². The average Bonchev–Trinajstić information content (AvgIpc) is 2.76. The van der Waals surface area contributed by atoms with E-state index >= 15 is 0 Å². The maximum absolute atomic E-state index is 13.0. The summed E-state index contributed by atoms with van der Waals surface area (Å²) < 4.78 is 16.1. The lowest BCUT2D eigenvalue weighted by molar-refractivity contribution is -0.142. The van der Waals surface area contributed by atoms with Gasteiger partial charge in [0.05, 0.1) is 14.2 Å². The molecule has 2 aromatic carbocycles. The zero-order chi connectivity index (χ0) is 22.1. The van der Waals surface area contributed by atoms with Gasteiger partial charge in [-0.05, 0) is 31.5 Å². The second-order valence-corrected chi connectivity index (χ2v) is 6.99. The molecule has 0 radical (unpaired) electrons. The van der Waals surface area contributed by atoms with Crippen molar-refractivity contribution in [2.45, 2.75) is 26.4 Å². The predicted molar refractivity (Wildman–Crippen MR) is 115 cm³/mol. The van der Waals surface area contributed by atoms with Crippen molar-refractivity contribution in [1.82, 2.24) is 10.2 Å². The fourth-order valence-electron chi connectivity index (χ4n) is 2.78. The van der Waals surface area contributed by atoms with Gasteiger partial charge in [-0.15, -0.1) is 0 Å². The van der Waals surface area contributed by atoms with Crippen LogP contribution in [0.15, 0.2) is 42.5 Å². The first-order valence-electron chi connectivity index (χ1n) is 9.55. The number of rotatable bonds is 10. The Labute approximate surface area is 181 Å². The van der Waals surface area contributed by atoms with Crippen molar-refractivity contribution in [3.05, 3.63) is 53.1 Å². The number of amides is 2. The molecule has 0 saturated carbocycles. The Morgan fingerprint density at radius 2 is 1.60 bits per heavy atom. The van der Waals surface area contributed by atoms with Gasteiger partial charge in [-0.3, -0.25) is 9.59 Å². The molecule has 2 amide bonds. The fraction of sp³-hybridized carbons (Fsp3) is 0.364. The van der Waals surface area contributed by atoms with E-state index in [0.717, 1.165) is 5.56 Å². The molecule has 2 aromatic rings. The zero-order valence-electron chi connectivity index (χ0n) is 17.6. The predicted octanol–water partition coefficient (Wildman–Crippen LogP) is 3.29. The van der Waals surface area contributed by atoms with Crippen LogP contribution in [0.2, 0.25) is 5.02 Å². The molecule has 0 bridgehead atoms. The van der Waals surface area contributed by atoms with Gasteiger partial charge < -0.3 is 24.4 Å². The molecule has 0 saturated heterocycles. The lowest BCUT2D eigenvalue weighted by Crippen LogP contribution is -2.49. The van der Waals surface area contributed by atoms with Crippen LogP contribution in [-0.2, 0) is 16.1 Å². The van der Waals surface area contributed by atoms with E-state index in [4.69, 9.17) is 25.8 Å². The molecular formula is C22H27ClN2O5. The maximum atomic E-state index is 13.0. The Morgan fingerprint density at radius 3 is 2.13 bits per heavy atom. The molecular weight excluding hydrogens is 408 g/mol. The first kappa shape index (κ1) is 23.3. The van der Waals surface area contributed by atoms with Crippen LogP contribution in [0.4, 0.5) is 0 Å². The maximum Gasteiger partial charge on any atom is 0.261 e. The number of hydrogen-bond acceptors (Lipinski definition) is 5. The number of hydrogen-bond donors (Lipinski definition) is 1. The van der Waals surface area contributed by atoms with E-state index in [0.29, 0.717) is 28.8 Å². The highest BCUT2D eigenvalue weighted by Gasteiger charge is 2.26. The molecule has 30 heavy (non-hydrogen) atoms. The van der Waals surface area contributed by atoms with Gasteiger partial charge in [0.2, 0.25) is 5.91 Å². The Hall–Kier alpha value is -2.93. The van der Waals surface area contributed by atoms with Crippen molar-refractivity contribution in [3.63, 3.8) is 0 Å². The number of methoxy groups -OCH3 is 2. The molecule has 0 spiro atoms. The zero-order valence-corrected chi connectivity index (χ0v) is 18.4. The van der Waals surface area contributed by atoms with Crippen LogP contribution >= 0.6 is 11.6 Å². The minimum absolute atomic E-state index is 0.233. The molecule has 2 rings (SSSR count). The monoisotopic (exact) mass is 434 g/mol. The van der Waals surface area contributed by atoms with Crippen molar-refractivity contribution in [3.8, 4) is 17.2 Å². The molecule has 0 fully saturated rings. The molecule has 1 N–H and O–H groups in total. The molecule has 0 aromatic heterocycles. The third-order valence-corrected chi connectivity index (χ3v) is 4.72. The lowest BCUT2D eigenvalue weighted by atomic mass is 10.1. The van der Waals surface area contributed by atoms with Gasteiger partial charge in [0.1, 0.15) is 23.3 Å². The number of halogens is 1. The molecule has 0 aliphatic carbocycles. The smallest absolute Gasteiger partial charge is 0.261 e. The van der Waals surface area contributed by atoms with E-state index in [1.807, 2.05) is 19.1 Å². The molecule has 1 unspecified atom stereocenters. The summed E-state index contributed by atoms with van der Waals surface area (Å²) in [7, 11) is 3.07. The lowest BCUT2D eigenvalue weighted by Gasteiger charge is -2.28. The highest BCUT2D eigenvalue weighted by Crippen LogP contribution is 2.27. The van der Waals surface area contributed by atoms with Gasteiger partial charge in [0.25, 0.3) is 5.91 Å². The van der Waals surface area contributed by atoms with Gasteiger partial charge >= 0.3 is 0 Å². The van der Waals surface area contributed by atoms with Gasteiger partial charge in [-0.25, -0.2) is 0 Å². The summed E-state index contributed by atoms with van der Waals surface area (Å²) in [6, 6.07) is 11.5. The quantitative estimate of drug-likeness (QED) is 0.621.